The molecule has 0 aliphatic heterocycles. The highest BCUT2D eigenvalue weighted by molar-refractivity contribution is 5.97. The van der Waals surface area contributed by atoms with Gasteiger partial charge in [0, 0.05) is 6.42 Å². The van der Waals surface area contributed by atoms with E-state index in [1.807, 2.05) is 24.3 Å². The molecular formula is C17H17FO. The van der Waals surface area contributed by atoms with Gasteiger partial charge in [-0.3, -0.25) is 4.79 Å². The minimum absolute atomic E-state index is 0.162. The Morgan fingerprint density at radius 1 is 1.05 bits per heavy atom. The molecular weight excluding hydrogens is 239 g/mol. The number of carbonyl (C=O) groups is 1. The lowest BCUT2D eigenvalue weighted by Crippen LogP contribution is -2.06. The molecule has 0 saturated heterocycles. The van der Waals surface area contributed by atoms with Crippen LogP contribution in [0.5, 0.6) is 0 Å². The quantitative estimate of drug-likeness (QED) is 0.742. The Bertz CT molecular complexity index is 570. The van der Waals surface area contributed by atoms with E-state index in [4.69, 9.17) is 0 Å². The number of Topliss-reactive ketones (excluding diaryl/α,β-unsaturated/α-hetero) is 1. The molecule has 0 aliphatic rings. The molecule has 0 fully saturated rings. The molecule has 0 aliphatic carbocycles. The van der Waals surface area contributed by atoms with Crippen LogP contribution in [0.15, 0.2) is 48.5 Å². The summed E-state index contributed by atoms with van der Waals surface area (Å²) in [6, 6.07) is 14.0. The molecule has 2 heteroatoms. The van der Waals surface area contributed by atoms with Crippen LogP contribution in [-0.2, 0) is 6.42 Å². The summed E-state index contributed by atoms with van der Waals surface area (Å²) in [4.78, 5) is 12.0. The average molecular weight is 256 g/mol. The first-order valence-corrected chi connectivity index (χ1v) is 6.44. The van der Waals surface area contributed by atoms with Crippen molar-refractivity contribution in [3.63, 3.8) is 0 Å². The zero-order valence-corrected chi connectivity index (χ0v) is 11.2. The van der Waals surface area contributed by atoms with Crippen LogP contribution in [-0.4, -0.2) is 5.78 Å². The molecule has 0 bridgehead atoms. The van der Waals surface area contributed by atoms with Crippen molar-refractivity contribution in [2.24, 2.45) is 0 Å². The lowest BCUT2D eigenvalue weighted by atomic mass is 9.98. The van der Waals surface area contributed by atoms with Crippen molar-refractivity contribution in [2.75, 3.05) is 0 Å². The Labute approximate surface area is 113 Å². The van der Waals surface area contributed by atoms with Gasteiger partial charge in [0.25, 0.3) is 0 Å². The van der Waals surface area contributed by atoms with Crippen LogP contribution in [0.1, 0.15) is 41.3 Å². The van der Waals surface area contributed by atoms with Crippen LogP contribution in [0, 0.1) is 5.82 Å². The SMILES string of the molecule is CC(C)c1ccc(CC(=O)c2ccccc2F)cc1. The summed E-state index contributed by atoms with van der Waals surface area (Å²) in [6.45, 7) is 4.25. The predicted molar refractivity (Wildman–Crippen MR) is 75.0 cm³/mol. The Balaban J connectivity index is 2.13. The molecule has 0 spiro atoms. The fourth-order valence-corrected chi connectivity index (χ4v) is 1.99. The van der Waals surface area contributed by atoms with Gasteiger partial charge in [0.2, 0.25) is 0 Å². The molecule has 2 aromatic rings. The van der Waals surface area contributed by atoms with Gasteiger partial charge in [-0.2, -0.15) is 0 Å². The highest BCUT2D eigenvalue weighted by Gasteiger charge is 2.11. The maximum atomic E-state index is 13.5. The van der Waals surface area contributed by atoms with E-state index in [1.165, 1.54) is 17.7 Å². The number of rotatable bonds is 4. The van der Waals surface area contributed by atoms with Crippen LogP contribution >= 0.6 is 0 Å². The Kier molecular flexibility index (Phi) is 4.10. The van der Waals surface area contributed by atoms with Crippen LogP contribution in [0.4, 0.5) is 4.39 Å². The number of hydrogen-bond donors (Lipinski definition) is 0. The van der Waals surface area contributed by atoms with E-state index in [-0.39, 0.29) is 17.8 Å². The minimum atomic E-state index is -0.452. The number of hydrogen-bond acceptors (Lipinski definition) is 1. The third-order valence-corrected chi connectivity index (χ3v) is 3.19. The molecule has 0 N–H and O–H groups in total. The topological polar surface area (TPSA) is 17.1 Å². The maximum Gasteiger partial charge on any atom is 0.170 e. The van der Waals surface area contributed by atoms with Crippen LogP contribution in [0.25, 0.3) is 0 Å². The van der Waals surface area contributed by atoms with E-state index in [1.54, 1.807) is 12.1 Å². The number of benzene rings is 2. The fourth-order valence-electron chi connectivity index (χ4n) is 1.99. The van der Waals surface area contributed by atoms with Crippen LogP contribution in [0.3, 0.4) is 0 Å². The summed E-state index contributed by atoms with van der Waals surface area (Å²) in [5.41, 5.74) is 2.31. The van der Waals surface area contributed by atoms with Gasteiger partial charge in [0.05, 0.1) is 5.56 Å². The molecule has 0 saturated carbocycles. The third kappa shape index (κ3) is 3.28. The summed E-state index contributed by atoms with van der Waals surface area (Å²) >= 11 is 0. The largest absolute Gasteiger partial charge is 0.294 e. The fraction of sp³-hybridized carbons (Fsp3) is 0.235. The summed E-state index contributed by atoms with van der Waals surface area (Å²) in [7, 11) is 0. The minimum Gasteiger partial charge on any atom is -0.294 e. The zero-order valence-electron chi connectivity index (χ0n) is 11.2. The van der Waals surface area contributed by atoms with E-state index < -0.39 is 5.82 Å². The van der Waals surface area contributed by atoms with Crippen molar-refractivity contribution in [3.8, 4) is 0 Å². The van der Waals surface area contributed by atoms with E-state index >= 15 is 0 Å². The third-order valence-electron chi connectivity index (χ3n) is 3.19. The number of ketones is 1. The number of carbonyl (C=O) groups excluding carboxylic acids is 1. The average Bonchev–Trinajstić information content (AvgIpc) is 2.39. The zero-order chi connectivity index (χ0) is 13.8. The summed E-state index contributed by atoms with van der Waals surface area (Å²) in [5.74, 6) is -0.169. The Morgan fingerprint density at radius 3 is 2.26 bits per heavy atom. The standard InChI is InChI=1S/C17H17FO/c1-12(2)14-9-7-13(8-10-14)11-17(19)15-5-3-4-6-16(15)18/h3-10,12H,11H2,1-2H3. The van der Waals surface area contributed by atoms with Gasteiger partial charge >= 0.3 is 0 Å². The highest BCUT2D eigenvalue weighted by atomic mass is 19.1. The lowest BCUT2D eigenvalue weighted by molar-refractivity contribution is 0.0989. The van der Waals surface area contributed by atoms with Crippen molar-refractivity contribution in [2.45, 2.75) is 26.2 Å². The van der Waals surface area contributed by atoms with E-state index in [0.717, 1.165) is 5.56 Å². The summed E-state index contributed by atoms with van der Waals surface area (Å²) < 4.78 is 13.5. The number of halogens is 1. The van der Waals surface area contributed by atoms with Crippen molar-refractivity contribution in [1.82, 2.24) is 0 Å². The van der Waals surface area contributed by atoms with Gasteiger partial charge in [-0.15, -0.1) is 0 Å². The first kappa shape index (κ1) is 13.5. The van der Waals surface area contributed by atoms with Gasteiger partial charge in [0.1, 0.15) is 5.82 Å². The molecule has 0 amide bonds. The van der Waals surface area contributed by atoms with E-state index in [9.17, 15) is 9.18 Å². The van der Waals surface area contributed by atoms with Gasteiger partial charge in [-0.1, -0.05) is 50.2 Å². The molecule has 19 heavy (non-hydrogen) atoms. The Hall–Kier alpha value is -1.96. The molecule has 98 valence electrons. The van der Waals surface area contributed by atoms with E-state index in [0.29, 0.717) is 5.92 Å². The smallest absolute Gasteiger partial charge is 0.170 e. The van der Waals surface area contributed by atoms with Crippen LogP contribution < -0.4 is 0 Å². The van der Waals surface area contributed by atoms with Gasteiger partial charge in [-0.25, -0.2) is 4.39 Å². The van der Waals surface area contributed by atoms with Crippen molar-refractivity contribution in [1.29, 1.82) is 0 Å². The monoisotopic (exact) mass is 256 g/mol. The molecule has 0 unspecified atom stereocenters. The summed E-state index contributed by atoms with van der Waals surface area (Å²) in [5, 5.41) is 0. The summed E-state index contributed by atoms with van der Waals surface area (Å²) in [6.07, 6.45) is 0.235. The molecule has 1 nitrogen and oxygen atoms in total. The normalized spacial score (nSPS) is 10.7. The molecule has 0 radical (unpaired) electrons. The molecule has 0 heterocycles. The van der Waals surface area contributed by atoms with Gasteiger partial charge < -0.3 is 0 Å². The predicted octanol–water partition coefficient (Wildman–Crippen LogP) is 4.37. The molecule has 0 aromatic heterocycles. The van der Waals surface area contributed by atoms with E-state index in [2.05, 4.69) is 13.8 Å². The second-order valence-electron chi connectivity index (χ2n) is 4.98. The second-order valence-corrected chi connectivity index (χ2v) is 4.98. The van der Waals surface area contributed by atoms with Crippen molar-refractivity contribution in [3.05, 3.63) is 71.0 Å². The first-order valence-electron chi connectivity index (χ1n) is 6.44. The molecule has 2 rings (SSSR count). The first-order chi connectivity index (χ1) is 9.08. The second kappa shape index (κ2) is 5.79. The maximum absolute atomic E-state index is 13.5. The highest BCUT2D eigenvalue weighted by Crippen LogP contribution is 2.16. The van der Waals surface area contributed by atoms with Gasteiger partial charge in [0.15, 0.2) is 5.78 Å². The lowest BCUT2D eigenvalue weighted by Gasteiger charge is -2.07. The molecule has 2 aromatic carbocycles. The molecule has 0 atom stereocenters. The van der Waals surface area contributed by atoms with Gasteiger partial charge in [-0.05, 0) is 29.2 Å². The Morgan fingerprint density at radius 2 is 1.68 bits per heavy atom. The van der Waals surface area contributed by atoms with Crippen molar-refractivity contribution < 1.29 is 9.18 Å². The van der Waals surface area contributed by atoms with Crippen molar-refractivity contribution >= 4 is 5.78 Å². The van der Waals surface area contributed by atoms with Crippen LogP contribution in [0.2, 0.25) is 0 Å².